The second kappa shape index (κ2) is 7.56. The zero-order valence-electron chi connectivity index (χ0n) is 13.0. The van der Waals surface area contributed by atoms with Crippen LogP contribution in [0.1, 0.15) is 37.7 Å². The molecular weight excluding hydrogens is 333 g/mol. The molecule has 1 aliphatic rings. The van der Waals surface area contributed by atoms with Gasteiger partial charge in [-0.05, 0) is 43.0 Å². The number of aromatic nitrogens is 1. The van der Waals surface area contributed by atoms with Crippen molar-refractivity contribution in [2.24, 2.45) is 5.73 Å². The average molecular weight is 356 g/mol. The molecule has 0 radical (unpaired) electrons. The van der Waals surface area contributed by atoms with Crippen LogP contribution in [0.3, 0.4) is 0 Å². The van der Waals surface area contributed by atoms with Crippen LogP contribution in [-0.2, 0) is 11.2 Å². The van der Waals surface area contributed by atoms with E-state index in [1.807, 2.05) is 24.4 Å². The van der Waals surface area contributed by atoms with Gasteiger partial charge in [-0.15, -0.1) is 12.4 Å². The minimum absolute atomic E-state index is 0. The Morgan fingerprint density at radius 3 is 2.78 bits per heavy atom. The minimum Gasteiger partial charge on any atom is -0.361 e. The maximum absolute atomic E-state index is 12.3. The van der Waals surface area contributed by atoms with Gasteiger partial charge in [0.15, 0.2) is 0 Å². The summed E-state index contributed by atoms with van der Waals surface area (Å²) in [6.45, 7) is 0.594. The van der Waals surface area contributed by atoms with Crippen molar-refractivity contribution < 1.29 is 4.79 Å². The summed E-state index contributed by atoms with van der Waals surface area (Å²) in [5.41, 5.74) is 7.79. The van der Waals surface area contributed by atoms with Crippen LogP contribution in [0.4, 0.5) is 0 Å². The number of carbonyl (C=O) groups excluding carboxylic acids is 1. The van der Waals surface area contributed by atoms with E-state index in [2.05, 4.69) is 10.3 Å². The number of benzene rings is 1. The van der Waals surface area contributed by atoms with Crippen molar-refractivity contribution in [2.75, 3.05) is 6.54 Å². The largest absolute Gasteiger partial charge is 0.361 e. The molecule has 1 aromatic heterocycles. The number of nitrogens with two attached hydrogens (primary N) is 1. The van der Waals surface area contributed by atoms with Gasteiger partial charge in [-0.1, -0.05) is 30.9 Å². The summed E-state index contributed by atoms with van der Waals surface area (Å²) in [4.78, 5) is 15.5. The Labute approximate surface area is 147 Å². The number of nitrogens with one attached hydrogen (secondary N) is 2. The second-order valence-electron chi connectivity index (χ2n) is 6.23. The summed E-state index contributed by atoms with van der Waals surface area (Å²) in [5.74, 6) is -0.00919. The lowest BCUT2D eigenvalue weighted by atomic mass is 9.82. The third kappa shape index (κ3) is 4.00. The Morgan fingerprint density at radius 1 is 1.30 bits per heavy atom. The Morgan fingerprint density at radius 2 is 2.04 bits per heavy atom. The van der Waals surface area contributed by atoms with E-state index in [-0.39, 0.29) is 18.3 Å². The van der Waals surface area contributed by atoms with Crippen LogP contribution in [0.15, 0.2) is 24.4 Å². The molecule has 0 atom stereocenters. The van der Waals surface area contributed by atoms with E-state index >= 15 is 0 Å². The summed E-state index contributed by atoms with van der Waals surface area (Å²) < 4.78 is 0. The van der Waals surface area contributed by atoms with Gasteiger partial charge in [-0.2, -0.15) is 0 Å². The van der Waals surface area contributed by atoms with Gasteiger partial charge in [-0.25, -0.2) is 0 Å². The highest BCUT2D eigenvalue weighted by Gasteiger charge is 2.34. The summed E-state index contributed by atoms with van der Waals surface area (Å²) in [7, 11) is 0. The molecular formula is C17H23Cl2N3O. The fourth-order valence-corrected chi connectivity index (χ4v) is 3.43. The molecule has 23 heavy (non-hydrogen) atoms. The molecule has 1 heterocycles. The van der Waals surface area contributed by atoms with Gasteiger partial charge in [-0.3, -0.25) is 4.79 Å². The first-order valence-electron chi connectivity index (χ1n) is 7.91. The van der Waals surface area contributed by atoms with Crippen LogP contribution < -0.4 is 11.1 Å². The van der Waals surface area contributed by atoms with Gasteiger partial charge in [0.25, 0.3) is 0 Å². The molecule has 0 aliphatic heterocycles. The molecule has 0 saturated heterocycles. The van der Waals surface area contributed by atoms with E-state index in [1.165, 1.54) is 6.42 Å². The standard InChI is InChI=1S/C17H22ClN3O.ClH/c18-13-4-5-15-14(10-13)12(11-21-15)6-9-20-16(22)17(19)7-2-1-3-8-17;/h4-5,10-11,21H,1-3,6-9,19H2,(H,20,22);1H. The van der Waals surface area contributed by atoms with Crippen LogP contribution in [0.2, 0.25) is 5.02 Å². The van der Waals surface area contributed by atoms with Crippen molar-refractivity contribution in [1.29, 1.82) is 0 Å². The Hall–Kier alpha value is -1.23. The normalized spacial score (nSPS) is 16.8. The lowest BCUT2D eigenvalue weighted by Crippen LogP contribution is -2.55. The van der Waals surface area contributed by atoms with Gasteiger partial charge in [0.2, 0.25) is 5.91 Å². The SMILES string of the molecule is Cl.NC1(C(=O)NCCc2c[nH]c3ccc(Cl)cc23)CCCCC1. The van der Waals surface area contributed by atoms with E-state index in [0.717, 1.165) is 53.6 Å². The van der Waals surface area contributed by atoms with Crippen LogP contribution in [0.25, 0.3) is 10.9 Å². The molecule has 1 saturated carbocycles. The summed E-state index contributed by atoms with van der Waals surface area (Å²) >= 11 is 6.05. The Bertz CT molecular complexity index is 678. The van der Waals surface area contributed by atoms with E-state index in [4.69, 9.17) is 17.3 Å². The Balaban J connectivity index is 0.00000192. The number of H-pyrrole nitrogens is 1. The first-order chi connectivity index (χ1) is 10.6. The molecule has 4 nitrogen and oxygen atoms in total. The van der Waals surface area contributed by atoms with E-state index < -0.39 is 5.54 Å². The first-order valence-corrected chi connectivity index (χ1v) is 8.29. The van der Waals surface area contributed by atoms with Crippen molar-refractivity contribution in [3.8, 4) is 0 Å². The molecule has 3 rings (SSSR count). The smallest absolute Gasteiger partial charge is 0.240 e. The fraction of sp³-hybridized carbons (Fsp3) is 0.471. The van der Waals surface area contributed by atoms with Crippen LogP contribution in [0.5, 0.6) is 0 Å². The zero-order chi connectivity index (χ0) is 15.6. The van der Waals surface area contributed by atoms with Gasteiger partial charge in [0, 0.05) is 28.7 Å². The molecule has 1 amide bonds. The summed E-state index contributed by atoms with van der Waals surface area (Å²) in [5, 5.41) is 4.84. The molecule has 6 heteroatoms. The van der Waals surface area contributed by atoms with Gasteiger partial charge in [0.05, 0.1) is 5.54 Å². The molecule has 1 aliphatic carbocycles. The predicted molar refractivity (Wildman–Crippen MR) is 97.3 cm³/mol. The molecule has 1 fully saturated rings. The number of hydrogen-bond acceptors (Lipinski definition) is 2. The quantitative estimate of drug-likeness (QED) is 0.784. The van der Waals surface area contributed by atoms with Crippen molar-refractivity contribution >= 4 is 40.8 Å². The van der Waals surface area contributed by atoms with Gasteiger partial charge in [0.1, 0.15) is 0 Å². The molecule has 4 N–H and O–H groups in total. The van der Waals surface area contributed by atoms with Crippen molar-refractivity contribution in [3.63, 3.8) is 0 Å². The van der Waals surface area contributed by atoms with Crippen LogP contribution in [0, 0.1) is 0 Å². The predicted octanol–water partition coefficient (Wildman–Crippen LogP) is 3.56. The maximum Gasteiger partial charge on any atom is 0.240 e. The second-order valence-corrected chi connectivity index (χ2v) is 6.66. The number of hydrogen-bond donors (Lipinski definition) is 3. The third-order valence-corrected chi connectivity index (χ3v) is 4.84. The number of amides is 1. The topological polar surface area (TPSA) is 70.9 Å². The summed E-state index contributed by atoms with van der Waals surface area (Å²) in [6, 6.07) is 5.79. The molecule has 126 valence electrons. The van der Waals surface area contributed by atoms with Gasteiger partial charge < -0.3 is 16.0 Å². The number of halogens is 2. The van der Waals surface area contributed by atoms with E-state index in [0.29, 0.717) is 6.54 Å². The molecule has 0 spiro atoms. The number of carbonyl (C=O) groups is 1. The molecule has 0 bridgehead atoms. The highest BCUT2D eigenvalue weighted by Crippen LogP contribution is 2.26. The number of fused-ring (bicyclic) bond motifs is 1. The maximum atomic E-state index is 12.3. The minimum atomic E-state index is -0.665. The van der Waals surface area contributed by atoms with Crippen LogP contribution >= 0.6 is 24.0 Å². The monoisotopic (exact) mass is 355 g/mol. The molecule has 1 aromatic carbocycles. The van der Waals surface area contributed by atoms with Crippen molar-refractivity contribution in [1.82, 2.24) is 10.3 Å². The van der Waals surface area contributed by atoms with E-state index in [9.17, 15) is 4.79 Å². The third-order valence-electron chi connectivity index (χ3n) is 4.61. The summed E-state index contributed by atoms with van der Waals surface area (Å²) in [6.07, 6.45) is 7.61. The highest BCUT2D eigenvalue weighted by molar-refractivity contribution is 6.31. The fourth-order valence-electron chi connectivity index (χ4n) is 3.25. The lowest BCUT2D eigenvalue weighted by molar-refractivity contribution is -0.127. The molecule has 2 aromatic rings. The first kappa shape index (κ1) is 18.1. The van der Waals surface area contributed by atoms with E-state index in [1.54, 1.807) is 0 Å². The molecule has 0 unspecified atom stereocenters. The highest BCUT2D eigenvalue weighted by atomic mass is 35.5. The van der Waals surface area contributed by atoms with Gasteiger partial charge >= 0.3 is 0 Å². The van der Waals surface area contributed by atoms with Crippen LogP contribution in [-0.4, -0.2) is 23.0 Å². The number of aromatic amines is 1. The lowest BCUT2D eigenvalue weighted by Gasteiger charge is -2.31. The van der Waals surface area contributed by atoms with Crippen molar-refractivity contribution in [2.45, 2.75) is 44.1 Å². The van der Waals surface area contributed by atoms with Crippen molar-refractivity contribution in [3.05, 3.63) is 35.0 Å². The average Bonchev–Trinajstić information content (AvgIpc) is 2.90. The zero-order valence-corrected chi connectivity index (χ0v) is 14.6. The Kier molecular flexibility index (Phi) is 5.95. The number of rotatable bonds is 4.